The summed E-state index contributed by atoms with van der Waals surface area (Å²) in [6.45, 7) is 0. The van der Waals surface area contributed by atoms with E-state index in [9.17, 15) is 0 Å². The monoisotopic (exact) mass is 326 g/mol. The lowest BCUT2D eigenvalue weighted by atomic mass is 10.0. The second-order valence-corrected chi connectivity index (χ2v) is 4.57. The number of halogens is 1. The molecular formula is C11H11IN4. The van der Waals surface area contributed by atoms with Crippen LogP contribution in [0.5, 0.6) is 0 Å². The number of benzene rings is 1. The lowest BCUT2D eigenvalue weighted by molar-refractivity contribution is 0.631. The largest absolute Gasteiger partial charge is 0.271 e. The lowest BCUT2D eigenvalue weighted by Crippen LogP contribution is -2.29. The fourth-order valence-electron chi connectivity index (χ4n) is 1.50. The molecule has 1 aromatic carbocycles. The molecule has 1 unspecified atom stereocenters. The molecule has 0 spiro atoms. The van der Waals surface area contributed by atoms with Crippen LogP contribution in [0.3, 0.4) is 0 Å². The summed E-state index contributed by atoms with van der Waals surface area (Å²) < 4.78 is 1.20. The molecule has 1 aromatic heterocycles. The molecule has 0 amide bonds. The predicted molar refractivity (Wildman–Crippen MR) is 70.4 cm³/mol. The highest BCUT2D eigenvalue weighted by molar-refractivity contribution is 14.1. The van der Waals surface area contributed by atoms with E-state index in [2.05, 4.69) is 38.0 Å². The molecule has 0 bridgehead atoms. The second kappa shape index (κ2) is 5.33. The van der Waals surface area contributed by atoms with Crippen molar-refractivity contribution < 1.29 is 0 Å². The van der Waals surface area contributed by atoms with Crippen LogP contribution in [0.4, 0.5) is 0 Å². The fraction of sp³-hybridized carbons (Fsp3) is 0.0909. The quantitative estimate of drug-likeness (QED) is 0.511. The summed E-state index contributed by atoms with van der Waals surface area (Å²) in [5, 5.41) is 0. The summed E-state index contributed by atoms with van der Waals surface area (Å²) >= 11 is 2.27. The smallest absolute Gasteiger partial charge is 0.115 e. The van der Waals surface area contributed by atoms with Crippen LogP contribution in [0.2, 0.25) is 0 Å². The molecule has 1 heterocycles. The first kappa shape index (κ1) is 11.4. The Morgan fingerprint density at radius 1 is 1.06 bits per heavy atom. The zero-order valence-electron chi connectivity index (χ0n) is 8.47. The zero-order chi connectivity index (χ0) is 11.4. The Labute approximate surface area is 107 Å². The van der Waals surface area contributed by atoms with Gasteiger partial charge in [-0.25, -0.2) is 15.4 Å². The summed E-state index contributed by atoms with van der Waals surface area (Å²) in [6.07, 6.45) is 5.02. The first-order valence-corrected chi connectivity index (χ1v) is 5.85. The Bertz CT molecular complexity index is 443. The molecule has 0 radical (unpaired) electrons. The van der Waals surface area contributed by atoms with E-state index in [-0.39, 0.29) is 6.04 Å². The summed E-state index contributed by atoms with van der Waals surface area (Å²) in [5.74, 6) is 5.57. The molecule has 2 aromatic rings. The number of hydrogen-bond acceptors (Lipinski definition) is 4. The van der Waals surface area contributed by atoms with Gasteiger partial charge in [0.2, 0.25) is 0 Å². The van der Waals surface area contributed by atoms with Crippen molar-refractivity contribution in [2.75, 3.05) is 0 Å². The van der Waals surface area contributed by atoms with E-state index in [4.69, 9.17) is 5.84 Å². The highest BCUT2D eigenvalue weighted by Gasteiger charge is 2.12. The van der Waals surface area contributed by atoms with E-state index in [0.29, 0.717) is 0 Å². The van der Waals surface area contributed by atoms with Gasteiger partial charge in [-0.15, -0.1) is 0 Å². The Balaban J connectivity index is 2.33. The number of nitrogens with zero attached hydrogens (tertiary/aromatic N) is 2. The molecule has 1 atom stereocenters. The van der Waals surface area contributed by atoms with Gasteiger partial charge < -0.3 is 0 Å². The third kappa shape index (κ3) is 2.55. The van der Waals surface area contributed by atoms with Gasteiger partial charge >= 0.3 is 0 Å². The third-order valence-electron chi connectivity index (χ3n) is 2.28. The highest BCUT2D eigenvalue weighted by atomic mass is 127. The van der Waals surface area contributed by atoms with Crippen molar-refractivity contribution in [3.05, 3.63) is 57.7 Å². The van der Waals surface area contributed by atoms with Crippen molar-refractivity contribution in [3.63, 3.8) is 0 Å². The first-order valence-electron chi connectivity index (χ1n) is 4.78. The molecule has 0 aliphatic heterocycles. The number of rotatable bonds is 3. The molecule has 5 heteroatoms. The predicted octanol–water partition coefficient (Wildman–Crippen LogP) is 1.63. The van der Waals surface area contributed by atoms with Crippen molar-refractivity contribution >= 4 is 22.6 Å². The number of hydrogen-bond donors (Lipinski definition) is 2. The van der Waals surface area contributed by atoms with Crippen LogP contribution in [-0.2, 0) is 0 Å². The minimum Gasteiger partial charge on any atom is -0.271 e. The summed E-state index contributed by atoms with van der Waals surface area (Å²) in [7, 11) is 0. The Kier molecular flexibility index (Phi) is 3.81. The van der Waals surface area contributed by atoms with E-state index in [1.54, 1.807) is 12.4 Å². The van der Waals surface area contributed by atoms with Crippen molar-refractivity contribution in [1.29, 1.82) is 0 Å². The molecule has 16 heavy (non-hydrogen) atoms. The maximum Gasteiger partial charge on any atom is 0.115 e. The van der Waals surface area contributed by atoms with E-state index in [1.807, 2.05) is 24.3 Å². The van der Waals surface area contributed by atoms with E-state index in [1.165, 1.54) is 9.90 Å². The SMILES string of the molecule is NNC(c1ccc(I)cc1)c1cncnc1. The fourth-order valence-corrected chi connectivity index (χ4v) is 1.86. The van der Waals surface area contributed by atoms with Crippen LogP contribution in [-0.4, -0.2) is 9.97 Å². The molecule has 0 fully saturated rings. The third-order valence-corrected chi connectivity index (χ3v) is 3.00. The maximum absolute atomic E-state index is 5.57. The topological polar surface area (TPSA) is 63.8 Å². The maximum atomic E-state index is 5.57. The van der Waals surface area contributed by atoms with Crippen molar-refractivity contribution in [1.82, 2.24) is 15.4 Å². The van der Waals surface area contributed by atoms with E-state index < -0.39 is 0 Å². The van der Waals surface area contributed by atoms with Crippen molar-refractivity contribution in [3.8, 4) is 0 Å². The Morgan fingerprint density at radius 3 is 2.25 bits per heavy atom. The number of nitrogens with two attached hydrogens (primary N) is 1. The molecule has 0 aliphatic carbocycles. The summed E-state index contributed by atoms with van der Waals surface area (Å²) in [4.78, 5) is 7.98. The number of nitrogens with one attached hydrogen (secondary N) is 1. The summed E-state index contributed by atoms with van der Waals surface area (Å²) in [6, 6.07) is 8.10. The van der Waals surface area contributed by atoms with Crippen LogP contribution in [0.1, 0.15) is 17.2 Å². The van der Waals surface area contributed by atoms with Crippen molar-refractivity contribution in [2.45, 2.75) is 6.04 Å². The lowest BCUT2D eigenvalue weighted by Gasteiger charge is -2.15. The van der Waals surface area contributed by atoms with Gasteiger partial charge in [-0.1, -0.05) is 12.1 Å². The first-order chi connectivity index (χ1) is 7.81. The molecule has 3 N–H and O–H groups in total. The van der Waals surface area contributed by atoms with Crippen LogP contribution in [0.15, 0.2) is 43.0 Å². The van der Waals surface area contributed by atoms with E-state index in [0.717, 1.165) is 11.1 Å². The van der Waals surface area contributed by atoms with Crippen molar-refractivity contribution in [2.24, 2.45) is 5.84 Å². The van der Waals surface area contributed by atoms with Gasteiger partial charge in [0, 0.05) is 21.5 Å². The number of hydrazine groups is 1. The van der Waals surface area contributed by atoms with Gasteiger partial charge in [0.15, 0.2) is 0 Å². The zero-order valence-corrected chi connectivity index (χ0v) is 10.6. The number of aromatic nitrogens is 2. The highest BCUT2D eigenvalue weighted by Crippen LogP contribution is 2.20. The van der Waals surface area contributed by atoms with Gasteiger partial charge in [-0.3, -0.25) is 5.84 Å². The Morgan fingerprint density at radius 2 is 1.69 bits per heavy atom. The van der Waals surface area contributed by atoms with Crippen LogP contribution in [0, 0.1) is 3.57 Å². The molecule has 82 valence electrons. The average Bonchev–Trinajstić information content (AvgIpc) is 2.34. The van der Waals surface area contributed by atoms with E-state index >= 15 is 0 Å². The summed E-state index contributed by atoms with van der Waals surface area (Å²) in [5.41, 5.74) is 4.82. The minimum absolute atomic E-state index is 0.0711. The standard InChI is InChI=1S/C11H11IN4/c12-10-3-1-8(2-4-10)11(16-13)9-5-14-7-15-6-9/h1-7,11,16H,13H2. The van der Waals surface area contributed by atoms with Gasteiger partial charge in [0.25, 0.3) is 0 Å². The average molecular weight is 326 g/mol. The molecule has 2 rings (SSSR count). The van der Waals surface area contributed by atoms with Gasteiger partial charge in [-0.2, -0.15) is 0 Å². The van der Waals surface area contributed by atoms with Gasteiger partial charge in [-0.05, 0) is 40.3 Å². The molecule has 4 nitrogen and oxygen atoms in total. The molecular weight excluding hydrogens is 315 g/mol. The van der Waals surface area contributed by atoms with Gasteiger partial charge in [0.05, 0.1) is 6.04 Å². The van der Waals surface area contributed by atoms with Crippen LogP contribution >= 0.6 is 22.6 Å². The minimum atomic E-state index is -0.0711. The van der Waals surface area contributed by atoms with Crippen LogP contribution in [0.25, 0.3) is 0 Å². The van der Waals surface area contributed by atoms with Gasteiger partial charge in [0.1, 0.15) is 6.33 Å². The normalized spacial score (nSPS) is 12.4. The molecule has 0 aliphatic rings. The Hall–Kier alpha value is -1.05. The molecule has 0 saturated heterocycles. The van der Waals surface area contributed by atoms with Crippen LogP contribution < -0.4 is 11.3 Å². The second-order valence-electron chi connectivity index (χ2n) is 3.32. The molecule has 0 saturated carbocycles.